The number of hydrogen-bond acceptors (Lipinski definition) is 4. The minimum atomic E-state index is -0.584. The van der Waals surface area contributed by atoms with E-state index in [1.165, 1.54) is 9.75 Å². The summed E-state index contributed by atoms with van der Waals surface area (Å²) < 4.78 is 0. The van der Waals surface area contributed by atoms with Crippen molar-refractivity contribution in [2.24, 2.45) is 5.92 Å². The van der Waals surface area contributed by atoms with Crippen LogP contribution in [-0.4, -0.2) is 34.7 Å². The average Bonchev–Trinajstić information content (AvgIpc) is 3.36. The molecule has 0 aromatic carbocycles. The van der Waals surface area contributed by atoms with Gasteiger partial charge in [0.25, 0.3) is 0 Å². The van der Waals surface area contributed by atoms with E-state index in [-0.39, 0.29) is 36.1 Å². The number of carbonyl (C=O) groups excluding carboxylic acids is 3. The Balaban J connectivity index is 1.51. The first kappa shape index (κ1) is 13.9. The number of rotatable bonds is 4. The van der Waals surface area contributed by atoms with Crippen molar-refractivity contribution in [3.05, 3.63) is 21.9 Å². The second-order valence-electron chi connectivity index (χ2n) is 6.51. The molecule has 3 aliphatic rings. The maximum atomic E-state index is 12.9. The van der Waals surface area contributed by atoms with Crippen LogP contribution in [0.3, 0.4) is 0 Å². The maximum Gasteiger partial charge on any atom is 0.249 e. The predicted octanol–water partition coefficient (Wildman–Crippen LogP) is 1.57. The van der Waals surface area contributed by atoms with Crippen LogP contribution in [0, 0.1) is 12.8 Å². The van der Waals surface area contributed by atoms with Crippen molar-refractivity contribution >= 4 is 29.1 Å². The minimum Gasteiger partial charge on any atom is -0.327 e. The van der Waals surface area contributed by atoms with Crippen molar-refractivity contribution in [3.8, 4) is 0 Å². The molecule has 3 unspecified atom stereocenters. The van der Waals surface area contributed by atoms with Gasteiger partial charge in [0, 0.05) is 27.6 Å². The lowest BCUT2D eigenvalue weighted by molar-refractivity contribution is -0.140. The third-order valence-electron chi connectivity index (χ3n) is 4.71. The second kappa shape index (κ2) is 4.91. The van der Waals surface area contributed by atoms with Crippen LogP contribution in [0.4, 0.5) is 0 Å². The molecule has 1 aromatic heterocycles. The number of thiophene rings is 1. The van der Waals surface area contributed by atoms with E-state index in [2.05, 4.69) is 24.4 Å². The zero-order valence-electron chi connectivity index (χ0n) is 12.4. The van der Waals surface area contributed by atoms with E-state index in [9.17, 15) is 14.4 Å². The van der Waals surface area contributed by atoms with Crippen molar-refractivity contribution in [3.63, 3.8) is 0 Å². The monoisotopic (exact) mass is 318 g/mol. The van der Waals surface area contributed by atoms with Crippen molar-refractivity contribution < 1.29 is 14.4 Å². The molecule has 4 rings (SSSR count). The summed E-state index contributed by atoms with van der Waals surface area (Å²) in [5, 5.41) is 2.32. The standard InChI is InChI=1S/C16H18N2O3S/c1-8-2-5-13(22-8)10-6-11(10)16(21)18(9-3-4-9)12-7-14(19)17-15(12)20/h2,5,9-12H,3-4,6-7H2,1H3,(H,17,19,20). The van der Waals surface area contributed by atoms with Gasteiger partial charge in [0.15, 0.2) is 0 Å². The fourth-order valence-corrected chi connectivity index (χ4v) is 4.39. The Bertz CT molecular complexity index is 664. The Morgan fingerprint density at radius 3 is 2.64 bits per heavy atom. The highest BCUT2D eigenvalue weighted by Crippen LogP contribution is 2.51. The van der Waals surface area contributed by atoms with Gasteiger partial charge in [-0.2, -0.15) is 0 Å². The van der Waals surface area contributed by atoms with Crippen molar-refractivity contribution in [2.45, 2.75) is 50.6 Å². The van der Waals surface area contributed by atoms with E-state index in [1.54, 1.807) is 16.2 Å². The zero-order chi connectivity index (χ0) is 15.4. The smallest absolute Gasteiger partial charge is 0.249 e. The number of carbonyl (C=O) groups is 3. The molecule has 22 heavy (non-hydrogen) atoms. The molecule has 2 aliphatic carbocycles. The minimum absolute atomic E-state index is 0.0119. The summed E-state index contributed by atoms with van der Waals surface area (Å²) in [5.41, 5.74) is 0. The second-order valence-corrected chi connectivity index (χ2v) is 7.83. The largest absolute Gasteiger partial charge is 0.327 e. The molecular weight excluding hydrogens is 300 g/mol. The average molecular weight is 318 g/mol. The van der Waals surface area contributed by atoms with Crippen molar-refractivity contribution in [1.82, 2.24) is 10.2 Å². The van der Waals surface area contributed by atoms with Crippen molar-refractivity contribution in [1.29, 1.82) is 0 Å². The van der Waals surface area contributed by atoms with E-state index in [0.717, 1.165) is 19.3 Å². The van der Waals surface area contributed by atoms with E-state index in [4.69, 9.17) is 0 Å². The Morgan fingerprint density at radius 1 is 1.32 bits per heavy atom. The summed E-state index contributed by atoms with van der Waals surface area (Å²) in [5.74, 6) is -0.229. The summed E-state index contributed by atoms with van der Waals surface area (Å²) in [6.07, 6.45) is 2.87. The lowest BCUT2D eigenvalue weighted by Gasteiger charge is -2.27. The zero-order valence-corrected chi connectivity index (χ0v) is 13.2. The van der Waals surface area contributed by atoms with Crippen LogP contribution in [0.15, 0.2) is 12.1 Å². The first-order valence-electron chi connectivity index (χ1n) is 7.77. The summed E-state index contributed by atoms with van der Waals surface area (Å²) in [4.78, 5) is 40.5. The first-order chi connectivity index (χ1) is 10.5. The highest BCUT2D eigenvalue weighted by Gasteiger charge is 2.52. The van der Waals surface area contributed by atoms with Gasteiger partial charge in [-0.3, -0.25) is 19.7 Å². The summed E-state index contributed by atoms with van der Waals surface area (Å²) >= 11 is 1.74. The van der Waals surface area contributed by atoms with Crippen LogP contribution >= 0.6 is 11.3 Å². The van der Waals surface area contributed by atoms with Gasteiger partial charge in [-0.15, -0.1) is 11.3 Å². The molecule has 0 spiro atoms. The highest BCUT2D eigenvalue weighted by atomic mass is 32.1. The Hall–Kier alpha value is -1.69. The quantitative estimate of drug-likeness (QED) is 0.857. The van der Waals surface area contributed by atoms with Gasteiger partial charge in [0.2, 0.25) is 17.7 Å². The number of amides is 3. The molecule has 1 aliphatic heterocycles. The van der Waals surface area contributed by atoms with Gasteiger partial charge < -0.3 is 4.90 Å². The SMILES string of the molecule is Cc1ccc(C2CC2C(=O)N(C2CC2)C2CC(=O)NC2=O)s1. The molecule has 5 nitrogen and oxygen atoms in total. The number of imide groups is 1. The van der Waals surface area contributed by atoms with E-state index in [1.807, 2.05) is 0 Å². The topological polar surface area (TPSA) is 66.5 Å². The van der Waals surface area contributed by atoms with E-state index >= 15 is 0 Å². The van der Waals surface area contributed by atoms with Gasteiger partial charge in [-0.05, 0) is 38.3 Å². The normalized spacial score (nSPS) is 30.3. The molecule has 2 heterocycles. The van der Waals surface area contributed by atoms with Crippen molar-refractivity contribution in [2.75, 3.05) is 0 Å². The Morgan fingerprint density at radius 2 is 2.09 bits per heavy atom. The summed E-state index contributed by atoms with van der Waals surface area (Å²) in [7, 11) is 0. The lowest BCUT2D eigenvalue weighted by atomic mass is 10.1. The molecule has 3 amide bonds. The molecule has 3 atom stereocenters. The van der Waals surface area contributed by atoms with Gasteiger partial charge in [-0.1, -0.05) is 0 Å². The number of hydrogen-bond donors (Lipinski definition) is 1. The van der Waals surface area contributed by atoms with Gasteiger partial charge in [-0.25, -0.2) is 0 Å². The van der Waals surface area contributed by atoms with Crippen LogP contribution in [-0.2, 0) is 14.4 Å². The van der Waals surface area contributed by atoms with E-state index < -0.39 is 6.04 Å². The third-order valence-corrected chi connectivity index (χ3v) is 5.84. The fourth-order valence-electron chi connectivity index (χ4n) is 3.33. The van der Waals surface area contributed by atoms with Crippen LogP contribution < -0.4 is 5.32 Å². The van der Waals surface area contributed by atoms with Gasteiger partial charge >= 0.3 is 0 Å². The van der Waals surface area contributed by atoms with Crippen LogP contribution in [0.1, 0.15) is 41.4 Å². The fraction of sp³-hybridized carbons (Fsp3) is 0.562. The number of aryl methyl sites for hydroxylation is 1. The van der Waals surface area contributed by atoms with Crippen LogP contribution in [0.5, 0.6) is 0 Å². The molecule has 0 radical (unpaired) electrons. The molecule has 2 saturated carbocycles. The van der Waals surface area contributed by atoms with Gasteiger partial charge in [0.1, 0.15) is 6.04 Å². The molecular formula is C16H18N2O3S. The van der Waals surface area contributed by atoms with Crippen LogP contribution in [0.25, 0.3) is 0 Å². The summed E-state index contributed by atoms with van der Waals surface area (Å²) in [6, 6.07) is 3.76. The predicted molar refractivity (Wildman–Crippen MR) is 81.3 cm³/mol. The maximum absolute atomic E-state index is 12.9. The molecule has 6 heteroatoms. The number of nitrogens with one attached hydrogen (secondary N) is 1. The molecule has 0 bridgehead atoms. The third kappa shape index (κ3) is 2.35. The Labute approximate surface area is 132 Å². The van der Waals surface area contributed by atoms with Crippen LogP contribution in [0.2, 0.25) is 0 Å². The van der Waals surface area contributed by atoms with E-state index in [0.29, 0.717) is 5.92 Å². The van der Waals surface area contributed by atoms with Gasteiger partial charge in [0.05, 0.1) is 6.42 Å². The molecule has 1 saturated heterocycles. The molecule has 1 N–H and O–H groups in total. The molecule has 116 valence electrons. The summed E-state index contributed by atoms with van der Waals surface area (Å²) in [6.45, 7) is 2.07. The number of nitrogens with zero attached hydrogens (tertiary/aromatic N) is 1. The molecule has 1 aromatic rings. The lowest BCUT2D eigenvalue weighted by Crippen LogP contribution is -2.46. The first-order valence-corrected chi connectivity index (χ1v) is 8.58. The Kier molecular flexibility index (Phi) is 3.11. The molecule has 3 fully saturated rings. The highest BCUT2D eigenvalue weighted by molar-refractivity contribution is 7.12.